The van der Waals surface area contributed by atoms with E-state index in [-0.39, 0.29) is 6.61 Å². The van der Waals surface area contributed by atoms with Crippen molar-refractivity contribution in [3.63, 3.8) is 0 Å². The molecule has 2 rings (SSSR count). The zero-order chi connectivity index (χ0) is 13.8. The summed E-state index contributed by atoms with van der Waals surface area (Å²) in [5, 5.41) is 0. The molecule has 19 heavy (non-hydrogen) atoms. The fourth-order valence-electron chi connectivity index (χ4n) is 1.52. The van der Waals surface area contributed by atoms with Crippen LogP contribution in [-0.4, -0.2) is 7.11 Å². The normalized spacial score (nSPS) is 10.3. The second kappa shape index (κ2) is 5.65. The molecule has 0 N–H and O–H groups in total. The summed E-state index contributed by atoms with van der Waals surface area (Å²) in [6.07, 6.45) is 0. The fraction of sp³-hybridized carbons (Fsp3) is 0.143. The first-order valence-electron chi connectivity index (χ1n) is 5.50. The Morgan fingerprint density at radius 1 is 1.00 bits per heavy atom. The zero-order valence-electron chi connectivity index (χ0n) is 10.1. The van der Waals surface area contributed by atoms with Gasteiger partial charge in [0, 0.05) is 12.1 Å². The molecule has 0 aliphatic rings. The van der Waals surface area contributed by atoms with Gasteiger partial charge in [-0.3, -0.25) is 0 Å². The van der Waals surface area contributed by atoms with Crippen LogP contribution in [0.1, 0.15) is 5.56 Å². The van der Waals surface area contributed by atoms with Gasteiger partial charge in [0.25, 0.3) is 0 Å². The Bertz CT molecular complexity index is 568. The predicted octanol–water partition coefficient (Wildman–Crippen LogP) is 3.69. The molecule has 100 valence electrons. The summed E-state index contributed by atoms with van der Waals surface area (Å²) in [4.78, 5) is 0. The Hall–Kier alpha value is -2.17. The molecule has 0 atom stereocenters. The second-order valence-corrected chi connectivity index (χ2v) is 3.84. The number of halogens is 3. The van der Waals surface area contributed by atoms with Crippen LogP contribution in [0.4, 0.5) is 13.2 Å². The Kier molecular flexibility index (Phi) is 3.94. The summed E-state index contributed by atoms with van der Waals surface area (Å²) in [7, 11) is 1.54. The SMILES string of the molecule is COc1ccc(COc2cc(F)cc(F)c2F)cc1. The Morgan fingerprint density at radius 3 is 2.32 bits per heavy atom. The van der Waals surface area contributed by atoms with Gasteiger partial charge in [-0.2, -0.15) is 4.39 Å². The van der Waals surface area contributed by atoms with E-state index in [0.717, 1.165) is 11.6 Å². The van der Waals surface area contributed by atoms with E-state index in [4.69, 9.17) is 9.47 Å². The lowest BCUT2D eigenvalue weighted by atomic mass is 10.2. The highest BCUT2D eigenvalue weighted by Crippen LogP contribution is 2.22. The summed E-state index contributed by atoms with van der Waals surface area (Å²) in [5.41, 5.74) is 0.727. The van der Waals surface area contributed by atoms with E-state index in [2.05, 4.69) is 0 Å². The zero-order valence-corrected chi connectivity index (χ0v) is 10.1. The number of hydrogen-bond donors (Lipinski definition) is 0. The van der Waals surface area contributed by atoms with Gasteiger partial charge in [0.15, 0.2) is 11.6 Å². The van der Waals surface area contributed by atoms with Crippen LogP contribution in [0.3, 0.4) is 0 Å². The summed E-state index contributed by atoms with van der Waals surface area (Å²) in [6, 6.07) is 8.12. The molecule has 0 heterocycles. The van der Waals surface area contributed by atoms with Gasteiger partial charge in [-0.25, -0.2) is 8.78 Å². The molecule has 0 aromatic heterocycles. The van der Waals surface area contributed by atoms with Crippen LogP contribution in [0.15, 0.2) is 36.4 Å². The van der Waals surface area contributed by atoms with Crippen LogP contribution < -0.4 is 9.47 Å². The number of hydrogen-bond acceptors (Lipinski definition) is 2. The number of benzene rings is 2. The Labute approximate surface area is 108 Å². The lowest BCUT2D eigenvalue weighted by molar-refractivity contribution is 0.282. The van der Waals surface area contributed by atoms with Crippen molar-refractivity contribution in [2.24, 2.45) is 0 Å². The summed E-state index contributed by atoms with van der Waals surface area (Å²) in [6.45, 7) is 0.00378. The fourth-order valence-corrected chi connectivity index (χ4v) is 1.52. The first kappa shape index (κ1) is 13.3. The topological polar surface area (TPSA) is 18.5 Å². The van der Waals surface area contributed by atoms with Crippen molar-refractivity contribution in [3.05, 3.63) is 59.4 Å². The van der Waals surface area contributed by atoms with Crippen molar-refractivity contribution in [1.82, 2.24) is 0 Å². The van der Waals surface area contributed by atoms with Gasteiger partial charge in [0.05, 0.1) is 7.11 Å². The molecule has 0 bridgehead atoms. The molecule has 0 fully saturated rings. The largest absolute Gasteiger partial charge is 0.497 e. The molecular weight excluding hydrogens is 257 g/mol. The highest BCUT2D eigenvalue weighted by Gasteiger charge is 2.12. The molecule has 0 unspecified atom stereocenters. The molecule has 0 saturated heterocycles. The van der Waals surface area contributed by atoms with Crippen molar-refractivity contribution in [2.45, 2.75) is 6.61 Å². The quantitative estimate of drug-likeness (QED) is 0.787. The van der Waals surface area contributed by atoms with Crippen LogP contribution in [0.2, 0.25) is 0 Å². The van der Waals surface area contributed by atoms with Crippen molar-refractivity contribution in [3.8, 4) is 11.5 Å². The third kappa shape index (κ3) is 3.19. The molecule has 0 radical (unpaired) electrons. The summed E-state index contributed by atoms with van der Waals surface area (Å²) < 4.78 is 49.2. The lowest BCUT2D eigenvalue weighted by Gasteiger charge is -2.08. The third-order valence-corrected chi connectivity index (χ3v) is 2.51. The average Bonchev–Trinajstić information content (AvgIpc) is 2.41. The van der Waals surface area contributed by atoms with Gasteiger partial charge in [-0.1, -0.05) is 12.1 Å². The molecule has 2 aromatic carbocycles. The van der Waals surface area contributed by atoms with E-state index in [0.29, 0.717) is 11.8 Å². The van der Waals surface area contributed by atoms with E-state index >= 15 is 0 Å². The van der Waals surface area contributed by atoms with Gasteiger partial charge in [-0.05, 0) is 17.7 Å². The minimum atomic E-state index is -1.27. The number of methoxy groups -OCH3 is 1. The average molecular weight is 268 g/mol. The molecule has 0 saturated carbocycles. The smallest absolute Gasteiger partial charge is 0.200 e. The predicted molar refractivity (Wildman–Crippen MR) is 63.6 cm³/mol. The van der Waals surface area contributed by atoms with Crippen LogP contribution in [0, 0.1) is 17.5 Å². The van der Waals surface area contributed by atoms with Crippen molar-refractivity contribution >= 4 is 0 Å². The van der Waals surface area contributed by atoms with E-state index in [1.165, 1.54) is 7.11 Å². The van der Waals surface area contributed by atoms with Gasteiger partial charge in [0.1, 0.15) is 18.2 Å². The van der Waals surface area contributed by atoms with Crippen LogP contribution in [0.5, 0.6) is 11.5 Å². The van der Waals surface area contributed by atoms with Gasteiger partial charge in [-0.15, -0.1) is 0 Å². The third-order valence-electron chi connectivity index (χ3n) is 2.51. The Balaban J connectivity index is 2.09. The number of rotatable bonds is 4. The van der Waals surface area contributed by atoms with Crippen LogP contribution in [-0.2, 0) is 6.61 Å². The molecule has 5 heteroatoms. The highest BCUT2D eigenvalue weighted by atomic mass is 19.2. The molecular formula is C14H11F3O2. The molecule has 0 spiro atoms. The van der Waals surface area contributed by atoms with E-state index in [1.807, 2.05) is 0 Å². The molecule has 2 aromatic rings. The molecule has 2 nitrogen and oxygen atoms in total. The number of ether oxygens (including phenoxy) is 2. The van der Waals surface area contributed by atoms with Crippen LogP contribution in [0.25, 0.3) is 0 Å². The first-order chi connectivity index (χ1) is 9.10. The van der Waals surface area contributed by atoms with E-state index < -0.39 is 23.2 Å². The van der Waals surface area contributed by atoms with Crippen molar-refractivity contribution in [2.75, 3.05) is 7.11 Å². The minimum absolute atomic E-state index is 0.00378. The molecule has 0 aliphatic carbocycles. The molecule has 0 amide bonds. The van der Waals surface area contributed by atoms with Gasteiger partial charge in [0.2, 0.25) is 5.82 Å². The van der Waals surface area contributed by atoms with Crippen molar-refractivity contribution in [1.29, 1.82) is 0 Å². The van der Waals surface area contributed by atoms with Gasteiger partial charge >= 0.3 is 0 Å². The van der Waals surface area contributed by atoms with E-state index in [1.54, 1.807) is 24.3 Å². The first-order valence-corrected chi connectivity index (χ1v) is 5.50. The summed E-state index contributed by atoms with van der Waals surface area (Å²) in [5.74, 6) is -3.14. The maximum absolute atomic E-state index is 13.3. The lowest BCUT2D eigenvalue weighted by Crippen LogP contribution is -2.00. The maximum atomic E-state index is 13.3. The van der Waals surface area contributed by atoms with Crippen LogP contribution >= 0.6 is 0 Å². The monoisotopic (exact) mass is 268 g/mol. The van der Waals surface area contributed by atoms with E-state index in [9.17, 15) is 13.2 Å². The highest BCUT2D eigenvalue weighted by molar-refractivity contribution is 5.29. The second-order valence-electron chi connectivity index (χ2n) is 3.84. The maximum Gasteiger partial charge on any atom is 0.200 e. The minimum Gasteiger partial charge on any atom is -0.497 e. The molecule has 0 aliphatic heterocycles. The van der Waals surface area contributed by atoms with Gasteiger partial charge < -0.3 is 9.47 Å². The van der Waals surface area contributed by atoms with Crippen molar-refractivity contribution < 1.29 is 22.6 Å². The Morgan fingerprint density at radius 2 is 1.68 bits per heavy atom. The standard InChI is InChI=1S/C14H11F3O2/c1-18-11-4-2-9(3-5-11)8-19-13-7-10(15)6-12(16)14(13)17/h2-7H,8H2,1H3. The summed E-state index contributed by atoms with van der Waals surface area (Å²) >= 11 is 0.